The van der Waals surface area contributed by atoms with Gasteiger partial charge < -0.3 is 15.2 Å². The van der Waals surface area contributed by atoms with E-state index in [1.54, 1.807) is 0 Å². The van der Waals surface area contributed by atoms with Crippen molar-refractivity contribution >= 4 is 23.6 Å². The molecule has 1 aromatic heterocycles. The Hall–Kier alpha value is -1.57. The molecule has 2 N–H and O–H groups in total. The van der Waals surface area contributed by atoms with Crippen LogP contribution in [0.4, 0.5) is 0 Å². The van der Waals surface area contributed by atoms with Gasteiger partial charge in [-0.25, -0.2) is 0 Å². The van der Waals surface area contributed by atoms with Gasteiger partial charge >= 0.3 is 0 Å². The number of thioether (sulfide) groups is 1. The van der Waals surface area contributed by atoms with Crippen molar-refractivity contribution in [2.75, 3.05) is 18.8 Å². The van der Waals surface area contributed by atoms with E-state index in [-0.39, 0.29) is 18.2 Å². The highest BCUT2D eigenvalue weighted by molar-refractivity contribution is 7.99. The molecule has 2 atom stereocenters. The summed E-state index contributed by atoms with van der Waals surface area (Å²) in [5, 5.41) is 8.85. The third kappa shape index (κ3) is 4.95. The van der Waals surface area contributed by atoms with Gasteiger partial charge in [-0.05, 0) is 18.3 Å². The number of likely N-dealkylation sites (tertiary alicyclic amines) is 1. The van der Waals surface area contributed by atoms with Gasteiger partial charge in [0.2, 0.25) is 11.8 Å². The highest BCUT2D eigenvalue weighted by Gasteiger charge is 2.25. The highest BCUT2D eigenvalue weighted by Crippen LogP contribution is 2.23. The topological polar surface area (TPSA) is 94.1 Å². The predicted molar refractivity (Wildman–Crippen MR) is 88.8 cm³/mol. The molecule has 1 aliphatic heterocycles. The summed E-state index contributed by atoms with van der Waals surface area (Å²) < 4.78 is 1.82. The first-order valence-corrected chi connectivity index (χ1v) is 8.92. The number of aromatic nitrogens is 3. The summed E-state index contributed by atoms with van der Waals surface area (Å²) in [4.78, 5) is 25.2. The quantitative estimate of drug-likeness (QED) is 0.775. The van der Waals surface area contributed by atoms with E-state index in [1.807, 2.05) is 16.5 Å². The summed E-state index contributed by atoms with van der Waals surface area (Å²) in [5.74, 6) is 1.98. The van der Waals surface area contributed by atoms with Gasteiger partial charge in [0.25, 0.3) is 0 Å². The van der Waals surface area contributed by atoms with Gasteiger partial charge in [-0.2, -0.15) is 0 Å². The van der Waals surface area contributed by atoms with E-state index in [0.29, 0.717) is 35.0 Å². The second-order valence-corrected chi connectivity index (χ2v) is 7.40. The number of nitrogens with two attached hydrogens (primary N) is 1. The van der Waals surface area contributed by atoms with Crippen molar-refractivity contribution in [2.45, 2.75) is 38.3 Å². The molecular formula is C15H25N5O2S. The molecular weight excluding hydrogens is 314 g/mol. The summed E-state index contributed by atoms with van der Waals surface area (Å²) >= 11 is 1.39. The van der Waals surface area contributed by atoms with Crippen LogP contribution in [0, 0.1) is 11.8 Å². The number of nitrogens with zero attached hydrogens (tertiary/aromatic N) is 4. The van der Waals surface area contributed by atoms with Crippen molar-refractivity contribution in [1.29, 1.82) is 0 Å². The minimum absolute atomic E-state index is 0.148. The lowest BCUT2D eigenvalue weighted by molar-refractivity contribution is -0.131. The van der Waals surface area contributed by atoms with Gasteiger partial charge in [0.1, 0.15) is 5.82 Å². The number of hydrogen-bond acceptors (Lipinski definition) is 5. The van der Waals surface area contributed by atoms with Crippen LogP contribution >= 0.6 is 11.8 Å². The van der Waals surface area contributed by atoms with E-state index in [2.05, 4.69) is 24.0 Å². The number of rotatable bonds is 6. The number of piperidine rings is 1. The van der Waals surface area contributed by atoms with Gasteiger partial charge in [0, 0.05) is 33.0 Å². The van der Waals surface area contributed by atoms with Crippen LogP contribution in [0.1, 0.15) is 32.5 Å². The first-order chi connectivity index (χ1) is 10.9. The van der Waals surface area contributed by atoms with Crippen molar-refractivity contribution in [3.05, 3.63) is 5.82 Å². The molecule has 2 amide bonds. The molecule has 0 aromatic carbocycles. The molecule has 0 bridgehead atoms. The molecule has 2 heterocycles. The maximum Gasteiger partial charge on any atom is 0.233 e. The molecule has 1 aliphatic rings. The first-order valence-electron chi connectivity index (χ1n) is 7.94. The van der Waals surface area contributed by atoms with Crippen molar-refractivity contribution in [3.63, 3.8) is 0 Å². The summed E-state index contributed by atoms with van der Waals surface area (Å²) in [5.41, 5.74) is 5.15. The molecule has 23 heavy (non-hydrogen) atoms. The fraction of sp³-hybridized carbons (Fsp3) is 0.733. The Labute approximate surface area is 141 Å². The second kappa shape index (κ2) is 7.81. The molecule has 0 aliphatic carbocycles. The Bertz CT molecular complexity index is 564. The van der Waals surface area contributed by atoms with Crippen LogP contribution in [0.5, 0.6) is 0 Å². The molecule has 1 fully saturated rings. The molecule has 0 saturated carbocycles. The van der Waals surface area contributed by atoms with Crippen LogP contribution < -0.4 is 5.73 Å². The maximum atomic E-state index is 12.4. The first kappa shape index (κ1) is 17.8. The fourth-order valence-electron chi connectivity index (χ4n) is 3.01. The Morgan fingerprint density at radius 1 is 1.26 bits per heavy atom. The molecule has 2 rings (SSSR count). The van der Waals surface area contributed by atoms with Gasteiger partial charge in [0.15, 0.2) is 5.16 Å². The van der Waals surface area contributed by atoms with E-state index in [0.717, 1.165) is 13.1 Å². The maximum absolute atomic E-state index is 12.4. The highest BCUT2D eigenvalue weighted by atomic mass is 32.2. The fourth-order valence-corrected chi connectivity index (χ4v) is 3.84. The largest absolute Gasteiger partial charge is 0.370 e. The molecule has 0 radical (unpaired) electrons. The van der Waals surface area contributed by atoms with Crippen LogP contribution in [0.3, 0.4) is 0 Å². The monoisotopic (exact) mass is 339 g/mol. The molecule has 8 heteroatoms. The van der Waals surface area contributed by atoms with E-state index in [4.69, 9.17) is 5.73 Å². The van der Waals surface area contributed by atoms with Crippen molar-refractivity contribution in [3.8, 4) is 0 Å². The number of carbonyl (C=O) groups excluding carboxylic acids is 2. The van der Waals surface area contributed by atoms with Crippen LogP contribution in [0.25, 0.3) is 0 Å². The average molecular weight is 339 g/mol. The minimum atomic E-state index is -0.356. The van der Waals surface area contributed by atoms with Crippen molar-refractivity contribution < 1.29 is 9.59 Å². The van der Waals surface area contributed by atoms with E-state index >= 15 is 0 Å². The number of carbonyl (C=O) groups is 2. The number of aryl methyl sites for hydroxylation is 1. The summed E-state index contributed by atoms with van der Waals surface area (Å²) in [6.45, 7) is 6.06. The second-order valence-electron chi connectivity index (χ2n) is 6.46. The zero-order valence-corrected chi connectivity index (χ0v) is 14.8. The predicted octanol–water partition coefficient (Wildman–Crippen LogP) is 0.830. The molecule has 1 saturated heterocycles. The molecule has 1 aromatic rings. The van der Waals surface area contributed by atoms with E-state index in [1.165, 1.54) is 18.2 Å². The van der Waals surface area contributed by atoms with E-state index < -0.39 is 0 Å². The van der Waals surface area contributed by atoms with Crippen LogP contribution in [-0.4, -0.2) is 50.3 Å². The van der Waals surface area contributed by atoms with Crippen LogP contribution in [-0.2, 0) is 23.1 Å². The summed E-state index contributed by atoms with van der Waals surface area (Å²) in [7, 11) is 1.84. The Morgan fingerprint density at radius 3 is 2.52 bits per heavy atom. The van der Waals surface area contributed by atoms with Gasteiger partial charge in [-0.3, -0.25) is 9.59 Å². The van der Waals surface area contributed by atoms with Crippen molar-refractivity contribution in [1.82, 2.24) is 19.7 Å². The zero-order chi connectivity index (χ0) is 17.0. The van der Waals surface area contributed by atoms with Gasteiger partial charge in [-0.1, -0.05) is 25.6 Å². The number of amides is 2. The number of hydrogen-bond donors (Lipinski definition) is 1. The van der Waals surface area contributed by atoms with Crippen LogP contribution in [0.2, 0.25) is 0 Å². The smallest absolute Gasteiger partial charge is 0.233 e. The summed E-state index contributed by atoms with van der Waals surface area (Å²) in [6.07, 6.45) is 1.90. The Kier molecular flexibility index (Phi) is 6.04. The standard InChI is InChI=1S/C15H25N5O2S/c1-10-6-11(2)8-20(7-10)14(22)9-23-15-18-17-13(19(15)3)5-4-12(16)21/h10-11H,4-9H2,1-3H3,(H2,16,21)/t10-,11-/m0/s1. The molecule has 128 valence electrons. The van der Waals surface area contributed by atoms with Gasteiger partial charge in [0.05, 0.1) is 5.75 Å². The number of primary amides is 1. The Balaban J connectivity index is 1.88. The molecule has 7 nitrogen and oxygen atoms in total. The van der Waals surface area contributed by atoms with Crippen LogP contribution in [0.15, 0.2) is 5.16 Å². The van der Waals surface area contributed by atoms with Crippen molar-refractivity contribution in [2.24, 2.45) is 24.6 Å². The average Bonchev–Trinajstić information content (AvgIpc) is 2.82. The Morgan fingerprint density at radius 2 is 1.91 bits per heavy atom. The lowest BCUT2D eigenvalue weighted by atomic mass is 9.92. The third-order valence-electron chi connectivity index (χ3n) is 4.07. The summed E-state index contributed by atoms with van der Waals surface area (Å²) in [6, 6.07) is 0. The van der Waals surface area contributed by atoms with Gasteiger partial charge in [-0.15, -0.1) is 10.2 Å². The van der Waals surface area contributed by atoms with E-state index in [9.17, 15) is 9.59 Å². The normalized spacial score (nSPS) is 21.4. The zero-order valence-electron chi connectivity index (χ0n) is 14.0. The third-order valence-corrected chi connectivity index (χ3v) is 5.07. The lowest BCUT2D eigenvalue weighted by Crippen LogP contribution is -2.43. The lowest BCUT2D eigenvalue weighted by Gasteiger charge is -2.34. The molecule has 0 unspecified atom stereocenters. The molecule has 0 spiro atoms. The minimum Gasteiger partial charge on any atom is -0.370 e. The SMILES string of the molecule is C[C@H]1C[C@H](C)CN(C(=O)CSc2nnc(CCC(N)=O)n2C)C1.